The molecule has 3 aliphatic heterocycles. The summed E-state index contributed by atoms with van der Waals surface area (Å²) in [7, 11) is 0. The Kier molecular flexibility index (Phi) is 2.56. The number of hydrogen-bond donors (Lipinski definition) is 0. The number of benzene rings is 1. The van der Waals surface area contributed by atoms with Crippen molar-refractivity contribution >= 4 is 24.5 Å². The summed E-state index contributed by atoms with van der Waals surface area (Å²) >= 11 is -0.374. The van der Waals surface area contributed by atoms with Gasteiger partial charge in [-0.25, -0.2) is 0 Å². The SMILES string of the molecule is CC12O[C@@H]3C[C@@H](CC([Te]c4ccccc4)(C3)O1)O2. The van der Waals surface area contributed by atoms with E-state index in [9.17, 15) is 0 Å². The van der Waals surface area contributed by atoms with Crippen LogP contribution in [0.4, 0.5) is 0 Å². The van der Waals surface area contributed by atoms with Crippen LogP contribution in [0.2, 0.25) is 0 Å². The van der Waals surface area contributed by atoms with Crippen molar-refractivity contribution in [3.8, 4) is 0 Å². The van der Waals surface area contributed by atoms with Gasteiger partial charge in [0.2, 0.25) is 0 Å². The van der Waals surface area contributed by atoms with Gasteiger partial charge in [0.05, 0.1) is 0 Å². The van der Waals surface area contributed by atoms with Gasteiger partial charge in [0.15, 0.2) is 0 Å². The van der Waals surface area contributed by atoms with Crippen molar-refractivity contribution < 1.29 is 14.2 Å². The Hall–Kier alpha value is -0.110. The summed E-state index contributed by atoms with van der Waals surface area (Å²) in [6.07, 6.45) is 3.83. The van der Waals surface area contributed by atoms with E-state index in [0.717, 1.165) is 19.3 Å². The molecule has 1 saturated carbocycles. The van der Waals surface area contributed by atoms with Crippen molar-refractivity contribution in [2.75, 3.05) is 0 Å². The van der Waals surface area contributed by atoms with E-state index in [1.807, 2.05) is 6.92 Å². The van der Waals surface area contributed by atoms with Gasteiger partial charge in [-0.3, -0.25) is 0 Å². The Balaban J connectivity index is 1.64. The van der Waals surface area contributed by atoms with Gasteiger partial charge in [0, 0.05) is 0 Å². The van der Waals surface area contributed by atoms with Crippen LogP contribution in [0.15, 0.2) is 30.3 Å². The first-order valence-corrected chi connectivity index (χ1v) is 8.78. The third-order valence-corrected chi connectivity index (χ3v) is 7.48. The minimum atomic E-state index is -0.774. The molecule has 0 radical (unpaired) electrons. The Morgan fingerprint density at radius 2 is 1.78 bits per heavy atom. The zero-order chi connectivity index (χ0) is 12.2. The first kappa shape index (κ1) is 11.7. The van der Waals surface area contributed by atoms with E-state index in [1.54, 1.807) is 0 Å². The van der Waals surface area contributed by atoms with Crippen LogP contribution < -0.4 is 3.61 Å². The number of ether oxygens (including phenoxy) is 3. The zero-order valence-electron chi connectivity index (χ0n) is 10.3. The van der Waals surface area contributed by atoms with Crippen LogP contribution in [0.1, 0.15) is 26.2 Å². The van der Waals surface area contributed by atoms with Crippen LogP contribution in [0.3, 0.4) is 0 Å². The average Bonchev–Trinajstić information content (AvgIpc) is 2.25. The molecule has 1 aliphatic carbocycles. The van der Waals surface area contributed by atoms with E-state index < -0.39 is 5.97 Å². The maximum absolute atomic E-state index is 6.22. The molecule has 0 spiro atoms. The fourth-order valence-electron chi connectivity index (χ4n) is 3.33. The van der Waals surface area contributed by atoms with Crippen molar-refractivity contribution in [1.82, 2.24) is 0 Å². The molecule has 4 fully saturated rings. The van der Waals surface area contributed by atoms with Gasteiger partial charge in [-0.1, -0.05) is 0 Å². The van der Waals surface area contributed by atoms with Crippen molar-refractivity contribution in [1.29, 1.82) is 0 Å². The first-order valence-electron chi connectivity index (χ1n) is 6.45. The Morgan fingerprint density at radius 3 is 2.39 bits per heavy atom. The Bertz CT molecular complexity index is 447. The zero-order valence-corrected chi connectivity index (χ0v) is 12.6. The molecule has 5 rings (SSSR count). The molecule has 3 saturated heterocycles. The Morgan fingerprint density at radius 1 is 1.11 bits per heavy atom. The van der Waals surface area contributed by atoms with Crippen LogP contribution >= 0.6 is 0 Å². The third kappa shape index (κ3) is 1.92. The van der Waals surface area contributed by atoms with Crippen LogP contribution in [0.5, 0.6) is 0 Å². The fourth-order valence-corrected chi connectivity index (χ4v) is 7.48. The van der Waals surface area contributed by atoms with Crippen LogP contribution in [0, 0.1) is 0 Å². The monoisotopic (exact) mass is 362 g/mol. The molecule has 0 amide bonds. The Labute approximate surface area is 117 Å². The van der Waals surface area contributed by atoms with Gasteiger partial charge in [-0.05, 0) is 0 Å². The summed E-state index contributed by atoms with van der Waals surface area (Å²) in [5.74, 6) is -0.774. The summed E-state index contributed by atoms with van der Waals surface area (Å²) in [5.41, 5.74) is 0. The molecule has 0 N–H and O–H groups in total. The quantitative estimate of drug-likeness (QED) is 0.747. The van der Waals surface area contributed by atoms with Gasteiger partial charge in [0.1, 0.15) is 0 Å². The molecule has 96 valence electrons. The minimum absolute atomic E-state index is 0.0469. The van der Waals surface area contributed by atoms with Gasteiger partial charge < -0.3 is 0 Å². The summed E-state index contributed by atoms with van der Waals surface area (Å²) in [6, 6.07) is 10.8. The second-order valence-corrected chi connectivity index (χ2v) is 9.47. The van der Waals surface area contributed by atoms with E-state index in [0.29, 0.717) is 12.2 Å². The van der Waals surface area contributed by atoms with Gasteiger partial charge >= 0.3 is 117 Å². The standard InChI is InChI=1S/C14H16O3Te/c1-13-15-10-7-11(16-13)9-14(8-10,17-13)18-12-5-3-2-4-6-12/h2-6,10-11H,7-9H2,1H3/t10-,11+,13?,14?. The van der Waals surface area contributed by atoms with Crippen molar-refractivity contribution in [3.05, 3.63) is 30.3 Å². The molecular weight excluding hydrogens is 344 g/mol. The van der Waals surface area contributed by atoms with E-state index in [4.69, 9.17) is 14.2 Å². The predicted octanol–water partition coefficient (Wildman–Crippen LogP) is 1.38. The molecule has 4 heteroatoms. The second-order valence-electron chi connectivity index (χ2n) is 5.41. The first-order chi connectivity index (χ1) is 8.65. The van der Waals surface area contributed by atoms with Crippen molar-refractivity contribution in [2.45, 2.75) is 48.0 Å². The molecule has 4 atom stereocenters. The second kappa shape index (κ2) is 3.94. The van der Waals surface area contributed by atoms with Gasteiger partial charge in [-0.15, -0.1) is 0 Å². The molecule has 18 heavy (non-hydrogen) atoms. The number of rotatable bonds is 2. The van der Waals surface area contributed by atoms with Crippen molar-refractivity contribution in [2.24, 2.45) is 0 Å². The molecule has 0 aromatic heterocycles. The van der Waals surface area contributed by atoms with Crippen LogP contribution in [-0.2, 0) is 14.2 Å². The van der Waals surface area contributed by atoms with Gasteiger partial charge in [-0.2, -0.15) is 0 Å². The maximum atomic E-state index is 6.22. The van der Waals surface area contributed by atoms with E-state index in [1.165, 1.54) is 3.61 Å². The summed E-state index contributed by atoms with van der Waals surface area (Å²) in [4.78, 5) is 0. The van der Waals surface area contributed by atoms with E-state index in [-0.39, 0.29) is 24.6 Å². The fraction of sp³-hybridized carbons (Fsp3) is 0.571. The topological polar surface area (TPSA) is 27.7 Å². The van der Waals surface area contributed by atoms with E-state index >= 15 is 0 Å². The molecule has 3 nitrogen and oxygen atoms in total. The van der Waals surface area contributed by atoms with E-state index in [2.05, 4.69) is 30.3 Å². The molecule has 1 aromatic rings. The molecule has 4 aliphatic rings. The number of hydrogen-bond acceptors (Lipinski definition) is 3. The summed E-state index contributed by atoms with van der Waals surface area (Å²) in [6.45, 7) is 1.93. The third-order valence-electron chi connectivity index (χ3n) is 3.78. The van der Waals surface area contributed by atoms with Crippen molar-refractivity contribution in [3.63, 3.8) is 0 Å². The normalized spacial score (nSPS) is 45.4. The average molecular weight is 360 g/mol. The summed E-state index contributed by atoms with van der Waals surface area (Å²) < 4.78 is 19.4. The summed E-state index contributed by atoms with van der Waals surface area (Å²) in [5, 5.41) is 0. The predicted molar refractivity (Wildman–Crippen MR) is 67.6 cm³/mol. The van der Waals surface area contributed by atoms with Gasteiger partial charge in [0.25, 0.3) is 0 Å². The molecule has 1 aromatic carbocycles. The van der Waals surface area contributed by atoms with Crippen LogP contribution in [-0.4, -0.2) is 42.8 Å². The molecule has 3 heterocycles. The molecule has 4 bridgehead atoms. The molecular formula is C14H16O3Te. The van der Waals surface area contributed by atoms with Crippen LogP contribution in [0.25, 0.3) is 0 Å². The molecule has 2 unspecified atom stereocenters.